The first-order valence-corrected chi connectivity index (χ1v) is 8.78. The molecule has 124 valence electrons. The fourth-order valence-electron chi connectivity index (χ4n) is 3.82. The summed E-state index contributed by atoms with van der Waals surface area (Å²) in [7, 11) is 0. The number of carbonyl (C=O) groups excluding carboxylic acids is 2. The maximum Gasteiger partial charge on any atom is 0.251 e. The number of aryl methyl sites for hydroxylation is 1. The summed E-state index contributed by atoms with van der Waals surface area (Å²) >= 11 is 0. The number of benzene rings is 1. The fraction of sp³-hybridized carbons (Fsp3) is 0.579. The lowest BCUT2D eigenvalue weighted by Gasteiger charge is -2.27. The van der Waals surface area contributed by atoms with Crippen LogP contribution < -0.4 is 5.32 Å². The third-order valence-corrected chi connectivity index (χ3v) is 5.14. The second kappa shape index (κ2) is 7.16. The number of rotatable bonds is 4. The summed E-state index contributed by atoms with van der Waals surface area (Å²) in [6.45, 7) is 3.46. The number of nitrogens with one attached hydrogen (secondary N) is 1. The van der Waals surface area contributed by atoms with Gasteiger partial charge in [0.2, 0.25) is 5.91 Å². The van der Waals surface area contributed by atoms with E-state index >= 15 is 0 Å². The Kier molecular flexibility index (Phi) is 4.99. The smallest absolute Gasteiger partial charge is 0.251 e. The van der Waals surface area contributed by atoms with Crippen LogP contribution in [0.4, 0.5) is 0 Å². The molecular formula is C19H26N2O2. The maximum absolute atomic E-state index is 12.4. The van der Waals surface area contributed by atoms with Crippen LogP contribution in [-0.2, 0) is 4.79 Å². The van der Waals surface area contributed by atoms with Crippen molar-refractivity contribution < 1.29 is 9.59 Å². The summed E-state index contributed by atoms with van der Waals surface area (Å²) in [6, 6.07) is 7.51. The van der Waals surface area contributed by atoms with Gasteiger partial charge < -0.3 is 10.2 Å². The molecule has 2 aliphatic rings. The molecule has 1 aromatic rings. The van der Waals surface area contributed by atoms with Crippen molar-refractivity contribution in [1.29, 1.82) is 0 Å². The molecule has 0 aromatic heterocycles. The Morgan fingerprint density at radius 3 is 2.70 bits per heavy atom. The van der Waals surface area contributed by atoms with Gasteiger partial charge in [-0.05, 0) is 37.3 Å². The van der Waals surface area contributed by atoms with E-state index in [0.29, 0.717) is 24.4 Å². The van der Waals surface area contributed by atoms with Crippen molar-refractivity contribution >= 4 is 11.8 Å². The molecule has 4 heteroatoms. The molecule has 2 amide bonds. The highest BCUT2D eigenvalue weighted by Crippen LogP contribution is 2.26. The molecular weight excluding hydrogens is 288 g/mol. The molecule has 2 fully saturated rings. The Morgan fingerprint density at radius 1 is 1.22 bits per heavy atom. The van der Waals surface area contributed by atoms with Gasteiger partial charge in [-0.15, -0.1) is 0 Å². The monoisotopic (exact) mass is 314 g/mol. The van der Waals surface area contributed by atoms with Crippen LogP contribution >= 0.6 is 0 Å². The SMILES string of the molecule is Cc1ccccc1C(=O)N[C@@H]1CC(=O)N(CC2CCCCC2)C1. The highest BCUT2D eigenvalue weighted by atomic mass is 16.2. The van der Waals surface area contributed by atoms with Crippen LogP contribution in [0.3, 0.4) is 0 Å². The quantitative estimate of drug-likeness (QED) is 0.929. The topological polar surface area (TPSA) is 49.4 Å². The minimum Gasteiger partial charge on any atom is -0.347 e. The van der Waals surface area contributed by atoms with Gasteiger partial charge in [0.25, 0.3) is 5.91 Å². The standard InChI is InChI=1S/C19H26N2O2/c1-14-7-5-6-10-17(14)19(23)20-16-11-18(22)21(13-16)12-15-8-3-2-4-9-15/h5-7,10,15-16H,2-4,8-9,11-13H2,1H3,(H,20,23)/t16-/m1/s1. The summed E-state index contributed by atoms with van der Waals surface area (Å²) in [5.41, 5.74) is 1.67. The molecule has 0 unspecified atom stereocenters. The van der Waals surface area contributed by atoms with Crippen molar-refractivity contribution in [3.8, 4) is 0 Å². The Labute approximate surface area is 138 Å². The fourth-order valence-corrected chi connectivity index (χ4v) is 3.82. The van der Waals surface area contributed by atoms with Crippen LogP contribution in [-0.4, -0.2) is 35.8 Å². The molecule has 3 rings (SSSR count). The van der Waals surface area contributed by atoms with Crippen LogP contribution in [0.2, 0.25) is 0 Å². The van der Waals surface area contributed by atoms with Crippen LogP contribution in [0.25, 0.3) is 0 Å². The lowest BCUT2D eigenvalue weighted by molar-refractivity contribution is -0.128. The molecule has 1 aliphatic heterocycles. The predicted molar refractivity (Wildman–Crippen MR) is 90.2 cm³/mol. The third kappa shape index (κ3) is 3.92. The normalized spacial score (nSPS) is 22.4. The zero-order valence-electron chi connectivity index (χ0n) is 13.9. The lowest BCUT2D eigenvalue weighted by atomic mass is 9.89. The predicted octanol–water partition coefficient (Wildman–Crippen LogP) is 2.91. The van der Waals surface area contributed by atoms with E-state index in [1.165, 1.54) is 32.1 Å². The molecule has 0 bridgehead atoms. The van der Waals surface area contributed by atoms with Gasteiger partial charge in [-0.1, -0.05) is 37.5 Å². The zero-order valence-corrected chi connectivity index (χ0v) is 13.9. The molecule has 1 N–H and O–H groups in total. The molecule has 23 heavy (non-hydrogen) atoms. The molecule has 1 saturated heterocycles. The van der Waals surface area contributed by atoms with E-state index in [-0.39, 0.29) is 17.9 Å². The second-order valence-corrected chi connectivity index (χ2v) is 6.99. The van der Waals surface area contributed by atoms with Crippen LogP contribution in [0, 0.1) is 12.8 Å². The Hall–Kier alpha value is -1.84. The number of likely N-dealkylation sites (tertiary alicyclic amines) is 1. The van der Waals surface area contributed by atoms with Gasteiger partial charge in [0.05, 0.1) is 6.04 Å². The van der Waals surface area contributed by atoms with Crippen molar-refractivity contribution in [2.24, 2.45) is 5.92 Å². The van der Waals surface area contributed by atoms with E-state index in [4.69, 9.17) is 0 Å². The van der Waals surface area contributed by atoms with Crippen molar-refractivity contribution in [2.45, 2.75) is 51.5 Å². The van der Waals surface area contributed by atoms with Crippen LogP contribution in [0.1, 0.15) is 54.4 Å². The molecule has 0 radical (unpaired) electrons. The molecule has 1 aliphatic carbocycles. The molecule has 1 saturated carbocycles. The first-order valence-electron chi connectivity index (χ1n) is 8.78. The third-order valence-electron chi connectivity index (χ3n) is 5.14. The summed E-state index contributed by atoms with van der Waals surface area (Å²) in [5.74, 6) is 0.768. The Balaban J connectivity index is 1.55. The first kappa shape index (κ1) is 16.0. The molecule has 4 nitrogen and oxygen atoms in total. The van der Waals surface area contributed by atoms with Gasteiger partial charge in [-0.25, -0.2) is 0 Å². The van der Waals surface area contributed by atoms with E-state index in [2.05, 4.69) is 5.32 Å². The summed E-state index contributed by atoms with van der Waals surface area (Å²) in [4.78, 5) is 26.6. The van der Waals surface area contributed by atoms with Gasteiger partial charge in [0.1, 0.15) is 0 Å². The van der Waals surface area contributed by atoms with Gasteiger partial charge in [0, 0.05) is 25.1 Å². The molecule has 0 spiro atoms. The maximum atomic E-state index is 12.4. The minimum absolute atomic E-state index is 0.0572. The van der Waals surface area contributed by atoms with Gasteiger partial charge in [-0.3, -0.25) is 9.59 Å². The van der Waals surface area contributed by atoms with Crippen molar-refractivity contribution in [1.82, 2.24) is 10.2 Å². The number of carbonyl (C=O) groups is 2. The number of hydrogen-bond donors (Lipinski definition) is 1. The Morgan fingerprint density at radius 2 is 1.96 bits per heavy atom. The van der Waals surface area contributed by atoms with E-state index in [1.807, 2.05) is 36.1 Å². The first-order chi connectivity index (χ1) is 11.1. The van der Waals surface area contributed by atoms with Crippen molar-refractivity contribution in [2.75, 3.05) is 13.1 Å². The van der Waals surface area contributed by atoms with Crippen molar-refractivity contribution in [3.05, 3.63) is 35.4 Å². The van der Waals surface area contributed by atoms with E-state index in [9.17, 15) is 9.59 Å². The van der Waals surface area contributed by atoms with Crippen molar-refractivity contribution in [3.63, 3.8) is 0 Å². The van der Waals surface area contributed by atoms with E-state index < -0.39 is 0 Å². The lowest BCUT2D eigenvalue weighted by Crippen LogP contribution is -2.38. The number of amides is 2. The largest absolute Gasteiger partial charge is 0.347 e. The highest BCUT2D eigenvalue weighted by Gasteiger charge is 2.32. The average Bonchev–Trinajstić information content (AvgIpc) is 2.88. The minimum atomic E-state index is -0.0691. The van der Waals surface area contributed by atoms with Gasteiger partial charge in [-0.2, -0.15) is 0 Å². The molecule has 1 atom stereocenters. The summed E-state index contributed by atoms with van der Waals surface area (Å²) in [6.07, 6.45) is 6.83. The van der Waals surface area contributed by atoms with Crippen LogP contribution in [0.5, 0.6) is 0 Å². The average molecular weight is 314 g/mol. The second-order valence-electron chi connectivity index (χ2n) is 6.99. The van der Waals surface area contributed by atoms with Crippen LogP contribution in [0.15, 0.2) is 24.3 Å². The highest BCUT2D eigenvalue weighted by molar-refractivity contribution is 5.96. The summed E-state index contributed by atoms with van der Waals surface area (Å²) in [5, 5.41) is 3.03. The van der Waals surface area contributed by atoms with E-state index in [1.54, 1.807) is 0 Å². The molecule has 1 aromatic carbocycles. The Bertz CT molecular complexity index is 578. The zero-order chi connectivity index (χ0) is 16.2. The van der Waals surface area contributed by atoms with E-state index in [0.717, 1.165) is 12.1 Å². The van der Waals surface area contributed by atoms with Gasteiger partial charge >= 0.3 is 0 Å². The van der Waals surface area contributed by atoms with Gasteiger partial charge in [0.15, 0.2) is 0 Å². The number of nitrogens with zero attached hydrogens (tertiary/aromatic N) is 1. The summed E-state index contributed by atoms with van der Waals surface area (Å²) < 4.78 is 0. The number of hydrogen-bond acceptors (Lipinski definition) is 2. The molecule has 1 heterocycles.